The minimum absolute atomic E-state index is 0.533. The zero-order valence-corrected chi connectivity index (χ0v) is 8.97. The van der Waals surface area contributed by atoms with Crippen LogP contribution in [-0.2, 0) is 11.5 Å². The zero-order chi connectivity index (χ0) is 10.7. The number of hydrogen-bond acceptors (Lipinski definition) is 2. The normalized spacial score (nSPS) is 10.5. The highest BCUT2D eigenvalue weighted by molar-refractivity contribution is 5.55. The summed E-state index contributed by atoms with van der Waals surface area (Å²) in [6.45, 7) is 2.52. The molecule has 78 valence electrons. The summed E-state index contributed by atoms with van der Waals surface area (Å²) in [4.78, 5) is 4.48. The monoisotopic (exact) mass is 202 g/mol. The first kappa shape index (κ1) is 9.93. The number of ether oxygens (including phenoxy) is 1. The molecule has 0 bridgehead atoms. The van der Waals surface area contributed by atoms with Gasteiger partial charge in [-0.25, -0.2) is 4.98 Å². The van der Waals surface area contributed by atoms with E-state index in [9.17, 15) is 0 Å². The molecule has 0 saturated carbocycles. The maximum atomic E-state index is 5.13. The predicted molar refractivity (Wildman–Crippen MR) is 59.4 cm³/mol. The third-order valence-corrected chi connectivity index (χ3v) is 2.20. The lowest BCUT2D eigenvalue weighted by Crippen LogP contribution is -2.00. The number of imidazole rings is 1. The number of hydrogen-bond donors (Lipinski definition) is 0. The molecular weight excluding hydrogens is 188 g/mol. The maximum Gasteiger partial charge on any atom is 0.142 e. The SMILES string of the molecule is COCn1cc(C)nc1-c1ccccc1. The van der Waals surface area contributed by atoms with Crippen molar-refractivity contribution in [2.75, 3.05) is 7.11 Å². The van der Waals surface area contributed by atoms with Crippen molar-refractivity contribution in [1.82, 2.24) is 9.55 Å². The van der Waals surface area contributed by atoms with Crippen LogP contribution in [0.3, 0.4) is 0 Å². The number of rotatable bonds is 3. The first-order valence-corrected chi connectivity index (χ1v) is 4.89. The van der Waals surface area contributed by atoms with Crippen molar-refractivity contribution in [3.63, 3.8) is 0 Å². The molecule has 0 N–H and O–H groups in total. The summed E-state index contributed by atoms with van der Waals surface area (Å²) in [5, 5.41) is 0. The Morgan fingerprint density at radius 2 is 2.00 bits per heavy atom. The molecule has 1 aromatic heterocycles. The fourth-order valence-electron chi connectivity index (χ4n) is 1.60. The van der Waals surface area contributed by atoms with E-state index in [2.05, 4.69) is 4.98 Å². The van der Waals surface area contributed by atoms with Crippen molar-refractivity contribution in [2.45, 2.75) is 13.7 Å². The summed E-state index contributed by atoms with van der Waals surface area (Å²) in [7, 11) is 1.68. The molecule has 0 aliphatic carbocycles. The Bertz CT molecular complexity index is 434. The first-order valence-electron chi connectivity index (χ1n) is 4.89. The van der Waals surface area contributed by atoms with Gasteiger partial charge < -0.3 is 9.30 Å². The highest BCUT2D eigenvalue weighted by Crippen LogP contribution is 2.18. The molecule has 0 unspecified atom stereocenters. The predicted octanol–water partition coefficient (Wildman–Crippen LogP) is 2.46. The van der Waals surface area contributed by atoms with Crippen LogP contribution in [0.5, 0.6) is 0 Å². The Labute approximate surface area is 89.3 Å². The van der Waals surface area contributed by atoms with Crippen LogP contribution in [0.15, 0.2) is 36.5 Å². The van der Waals surface area contributed by atoms with E-state index in [-0.39, 0.29) is 0 Å². The van der Waals surface area contributed by atoms with Crippen molar-refractivity contribution in [2.24, 2.45) is 0 Å². The van der Waals surface area contributed by atoms with Crippen LogP contribution >= 0.6 is 0 Å². The average molecular weight is 202 g/mol. The summed E-state index contributed by atoms with van der Waals surface area (Å²) in [6.07, 6.45) is 1.99. The summed E-state index contributed by atoms with van der Waals surface area (Å²) in [5.74, 6) is 0.954. The van der Waals surface area contributed by atoms with E-state index in [1.807, 2.05) is 48.0 Å². The fourth-order valence-corrected chi connectivity index (χ4v) is 1.60. The smallest absolute Gasteiger partial charge is 0.142 e. The number of nitrogens with zero attached hydrogens (tertiary/aromatic N) is 2. The molecule has 15 heavy (non-hydrogen) atoms. The molecule has 0 saturated heterocycles. The van der Waals surface area contributed by atoms with Gasteiger partial charge in [0.2, 0.25) is 0 Å². The van der Waals surface area contributed by atoms with Gasteiger partial charge in [-0.05, 0) is 6.92 Å². The van der Waals surface area contributed by atoms with Crippen LogP contribution in [0.1, 0.15) is 5.69 Å². The van der Waals surface area contributed by atoms with E-state index in [0.717, 1.165) is 17.1 Å². The molecule has 2 rings (SSSR count). The van der Waals surface area contributed by atoms with E-state index >= 15 is 0 Å². The van der Waals surface area contributed by atoms with Gasteiger partial charge in [0.25, 0.3) is 0 Å². The minimum Gasteiger partial charge on any atom is -0.364 e. The second kappa shape index (κ2) is 4.28. The number of aromatic nitrogens is 2. The molecule has 3 heteroatoms. The summed E-state index contributed by atoms with van der Waals surface area (Å²) < 4.78 is 7.13. The molecule has 3 nitrogen and oxygen atoms in total. The van der Waals surface area contributed by atoms with E-state index in [1.165, 1.54) is 0 Å². The van der Waals surface area contributed by atoms with Crippen LogP contribution < -0.4 is 0 Å². The Morgan fingerprint density at radius 3 is 2.67 bits per heavy atom. The second-order valence-electron chi connectivity index (χ2n) is 3.46. The van der Waals surface area contributed by atoms with Crippen molar-refractivity contribution in [3.8, 4) is 11.4 Å². The third-order valence-electron chi connectivity index (χ3n) is 2.20. The lowest BCUT2D eigenvalue weighted by molar-refractivity contribution is 0.132. The first-order chi connectivity index (χ1) is 7.31. The summed E-state index contributed by atoms with van der Waals surface area (Å²) >= 11 is 0. The Balaban J connectivity index is 2.43. The van der Waals surface area contributed by atoms with Crippen molar-refractivity contribution in [3.05, 3.63) is 42.2 Å². The number of benzene rings is 1. The molecule has 0 radical (unpaired) electrons. The van der Waals surface area contributed by atoms with Gasteiger partial charge in [-0.3, -0.25) is 0 Å². The fraction of sp³-hybridized carbons (Fsp3) is 0.250. The molecule has 0 atom stereocenters. The van der Waals surface area contributed by atoms with E-state index in [4.69, 9.17) is 4.74 Å². The van der Waals surface area contributed by atoms with Gasteiger partial charge in [0, 0.05) is 18.9 Å². The number of aryl methyl sites for hydroxylation is 1. The lowest BCUT2D eigenvalue weighted by atomic mass is 10.2. The molecule has 0 amide bonds. The molecule has 0 spiro atoms. The molecule has 2 aromatic rings. The minimum atomic E-state index is 0.533. The van der Waals surface area contributed by atoms with Gasteiger partial charge in [-0.1, -0.05) is 30.3 Å². The average Bonchev–Trinajstić information content (AvgIpc) is 2.62. The van der Waals surface area contributed by atoms with Gasteiger partial charge in [-0.2, -0.15) is 0 Å². The Kier molecular flexibility index (Phi) is 2.83. The molecular formula is C12H14N2O. The third kappa shape index (κ3) is 2.07. The van der Waals surface area contributed by atoms with E-state index in [1.54, 1.807) is 7.11 Å². The largest absolute Gasteiger partial charge is 0.364 e. The Morgan fingerprint density at radius 1 is 1.27 bits per heavy atom. The highest BCUT2D eigenvalue weighted by Gasteiger charge is 2.06. The molecule has 0 aliphatic rings. The van der Waals surface area contributed by atoms with E-state index in [0.29, 0.717) is 6.73 Å². The van der Waals surface area contributed by atoms with Gasteiger partial charge in [0.15, 0.2) is 0 Å². The Hall–Kier alpha value is -1.61. The van der Waals surface area contributed by atoms with Gasteiger partial charge in [0.1, 0.15) is 12.6 Å². The van der Waals surface area contributed by atoms with Crippen LogP contribution in [0.25, 0.3) is 11.4 Å². The summed E-state index contributed by atoms with van der Waals surface area (Å²) in [5.41, 5.74) is 2.12. The molecule has 0 fully saturated rings. The highest BCUT2D eigenvalue weighted by atomic mass is 16.5. The maximum absolute atomic E-state index is 5.13. The van der Waals surface area contributed by atoms with Crippen molar-refractivity contribution in [1.29, 1.82) is 0 Å². The molecule has 0 aliphatic heterocycles. The summed E-state index contributed by atoms with van der Waals surface area (Å²) in [6, 6.07) is 10.1. The quantitative estimate of drug-likeness (QED) is 0.764. The van der Waals surface area contributed by atoms with E-state index < -0.39 is 0 Å². The van der Waals surface area contributed by atoms with Gasteiger partial charge in [0.05, 0.1) is 5.69 Å². The van der Waals surface area contributed by atoms with Gasteiger partial charge >= 0.3 is 0 Å². The number of methoxy groups -OCH3 is 1. The van der Waals surface area contributed by atoms with Crippen molar-refractivity contribution < 1.29 is 4.74 Å². The molecule has 1 heterocycles. The van der Waals surface area contributed by atoms with Crippen LogP contribution in [0.4, 0.5) is 0 Å². The standard InChI is InChI=1S/C12H14N2O/c1-10-8-14(9-15-2)12(13-10)11-6-4-3-5-7-11/h3-8H,9H2,1-2H3. The van der Waals surface area contributed by atoms with Crippen LogP contribution in [-0.4, -0.2) is 16.7 Å². The zero-order valence-electron chi connectivity index (χ0n) is 8.97. The topological polar surface area (TPSA) is 27.1 Å². The van der Waals surface area contributed by atoms with Crippen LogP contribution in [0.2, 0.25) is 0 Å². The molecule has 1 aromatic carbocycles. The lowest BCUT2D eigenvalue weighted by Gasteiger charge is -2.05. The van der Waals surface area contributed by atoms with Crippen LogP contribution in [0, 0.1) is 6.92 Å². The second-order valence-corrected chi connectivity index (χ2v) is 3.46. The van der Waals surface area contributed by atoms with Gasteiger partial charge in [-0.15, -0.1) is 0 Å². The van der Waals surface area contributed by atoms with Crippen molar-refractivity contribution >= 4 is 0 Å².